The van der Waals surface area contributed by atoms with Gasteiger partial charge in [0.1, 0.15) is 10.8 Å². The SMILES string of the molecule is CCOC(=O)COc1ccc(SC(CCCCCCCCCc2ccccc2)c2sc(-c3ccc(C(F)(F)F)cc3)nc2C)cc1C. The van der Waals surface area contributed by atoms with Gasteiger partial charge >= 0.3 is 12.1 Å². The lowest BCUT2D eigenvalue weighted by Crippen LogP contribution is -2.14. The molecule has 0 spiro atoms. The summed E-state index contributed by atoms with van der Waals surface area (Å²) in [6.07, 6.45) is 6.12. The number of ether oxygens (including phenoxy) is 2. The van der Waals surface area contributed by atoms with E-state index < -0.39 is 17.7 Å². The maximum atomic E-state index is 13.1. The number of nitrogens with zero attached hydrogens (tertiary/aromatic N) is 1. The molecule has 252 valence electrons. The van der Waals surface area contributed by atoms with Crippen molar-refractivity contribution in [2.24, 2.45) is 0 Å². The third-order valence-electron chi connectivity index (χ3n) is 7.93. The summed E-state index contributed by atoms with van der Waals surface area (Å²) in [6, 6.07) is 21.9. The van der Waals surface area contributed by atoms with Crippen molar-refractivity contribution in [3.05, 3.63) is 100 Å². The van der Waals surface area contributed by atoms with Crippen molar-refractivity contribution in [2.75, 3.05) is 13.2 Å². The van der Waals surface area contributed by atoms with Crippen molar-refractivity contribution >= 4 is 29.1 Å². The molecule has 4 nitrogen and oxygen atoms in total. The van der Waals surface area contributed by atoms with Gasteiger partial charge in [0, 0.05) is 20.6 Å². The van der Waals surface area contributed by atoms with E-state index in [2.05, 4.69) is 36.4 Å². The van der Waals surface area contributed by atoms with Crippen LogP contribution < -0.4 is 4.74 Å². The molecule has 0 aliphatic rings. The Hall–Kier alpha value is -3.30. The van der Waals surface area contributed by atoms with Gasteiger partial charge < -0.3 is 9.47 Å². The molecule has 0 fully saturated rings. The lowest BCUT2D eigenvalue weighted by molar-refractivity contribution is -0.145. The molecule has 0 N–H and O–H groups in total. The van der Waals surface area contributed by atoms with Gasteiger partial charge in [-0.25, -0.2) is 9.78 Å². The van der Waals surface area contributed by atoms with Crippen molar-refractivity contribution in [3.8, 4) is 16.3 Å². The number of carbonyl (C=O) groups excluding carboxylic acids is 1. The molecule has 1 heterocycles. The Kier molecular flexibility index (Phi) is 14.2. The van der Waals surface area contributed by atoms with Crippen LogP contribution in [0.25, 0.3) is 10.6 Å². The summed E-state index contributed by atoms with van der Waals surface area (Å²) in [5, 5.41) is 0.874. The summed E-state index contributed by atoms with van der Waals surface area (Å²) in [7, 11) is 0. The largest absolute Gasteiger partial charge is 0.482 e. The van der Waals surface area contributed by atoms with Crippen molar-refractivity contribution in [3.63, 3.8) is 0 Å². The van der Waals surface area contributed by atoms with Gasteiger partial charge in [-0.2, -0.15) is 13.2 Å². The van der Waals surface area contributed by atoms with Crippen LogP contribution in [-0.2, 0) is 22.1 Å². The molecule has 0 radical (unpaired) electrons. The minimum absolute atomic E-state index is 0.135. The maximum absolute atomic E-state index is 13.1. The number of aromatic nitrogens is 1. The Morgan fingerprint density at radius 1 is 0.894 bits per heavy atom. The first-order valence-electron chi connectivity index (χ1n) is 16.4. The number of aryl methyl sites for hydroxylation is 3. The number of esters is 1. The van der Waals surface area contributed by atoms with Crippen molar-refractivity contribution in [1.82, 2.24) is 4.98 Å². The predicted octanol–water partition coefficient (Wildman–Crippen LogP) is 11.6. The fourth-order valence-corrected chi connectivity index (χ4v) is 8.08. The predicted molar refractivity (Wildman–Crippen MR) is 186 cm³/mol. The first-order valence-corrected chi connectivity index (χ1v) is 18.1. The van der Waals surface area contributed by atoms with E-state index in [0.29, 0.717) is 17.9 Å². The summed E-state index contributed by atoms with van der Waals surface area (Å²) < 4.78 is 50.1. The van der Waals surface area contributed by atoms with Gasteiger partial charge in [-0.05, 0) is 81.5 Å². The van der Waals surface area contributed by atoms with Crippen LogP contribution in [0.1, 0.15) is 90.8 Å². The van der Waals surface area contributed by atoms with E-state index in [4.69, 9.17) is 14.5 Å². The summed E-state index contributed by atoms with van der Waals surface area (Å²) in [6.45, 7) is 5.88. The second-order valence-corrected chi connectivity index (χ2v) is 14.0. The van der Waals surface area contributed by atoms with Crippen LogP contribution in [0.3, 0.4) is 0 Å². The maximum Gasteiger partial charge on any atom is 0.416 e. The first kappa shape index (κ1) is 36.5. The number of halogens is 3. The van der Waals surface area contributed by atoms with E-state index in [9.17, 15) is 18.0 Å². The Labute approximate surface area is 285 Å². The Balaban J connectivity index is 1.38. The Bertz CT molecular complexity index is 1540. The molecule has 0 bridgehead atoms. The van der Waals surface area contributed by atoms with Crippen LogP contribution in [0.15, 0.2) is 77.7 Å². The van der Waals surface area contributed by atoms with E-state index in [1.54, 1.807) is 30.0 Å². The van der Waals surface area contributed by atoms with E-state index >= 15 is 0 Å². The zero-order chi connectivity index (χ0) is 33.6. The highest BCUT2D eigenvalue weighted by Gasteiger charge is 2.30. The standard InChI is InChI=1S/C38H44F3NO3S2/c1-4-44-35(43)26-45-33-24-23-32(25-27(33)2)46-34(18-14-9-7-5-6-8-11-15-29-16-12-10-13-17-29)36-28(3)42-37(47-36)30-19-21-31(22-20-30)38(39,40)41/h10,12-13,16-17,19-25,34H,4-9,11,14-15,18,26H2,1-3H3. The molecule has 0 aliphatic carbocycles. The normalized spacial score (nSPS) is 12.2. The molecule has 1 aromatic heterocycles. The molecule has 1 unspecified atom stereocenters. The summed E-state index contributed by atoms with van der Waals surface area (Å²) in [5.74, 6) is 0.239. The monoisotopic (exact) mass is 683 g/mol. The van der Waals surface area contributed by atoms with Gasteiger partial charge in [-0.1, -0.05) is 81.0 Å². The summed E-state index contributed by atoms with van der Waals surface area (Å²) in [5.41, 5.74) is 3.27. The Morgan fingerprint density at radius 2 is 1.57 bits per heavy atom. The van der Waals surface area contributed by atoms with Crippen LogP contribution in [0.2, 0.25) is 0 Å². The minimum Gasteiger partial charge on any atom is -0.482 e. The lowest BCUT2D eigenvalue weighted by Gasteiger charge is -2.17. The number of carbonyl (C=O) groups is 1. The zero-order valence-corrected chi connectivity index (χ0v) is 29.0. The highest BCUT2D eigenvalue weighted by atomic mass is 32.2. The van der Waals surface area contributed by atoms with Gasteiger partial charge in [0.15, 0.2) is 6.61 Å². The van der Waals surface area contributed by atoms with Crippen LogP contribution in [0, 0.1) is 13.8 Å². The minimum atomic E-state index is -4.37. The van der Waals surface area contributed by atoms with Crippen LogP contribution >= 0.6 is 23.1 Å². The smallest absolute Gasteiger partial charge is 0.416 e. The van der Waals surface area contributed by atoms with Crippen LogP contribution in [0.5, 0.6) is 5.75 Å². The highest BCUT2D eigenvalue weighted by molar-refractivity contribution is 7.99. The second-order valence-electron chi connectivity index (χ2n) is 11.7. The highest BCUT2D eigenvalue weighted by Crippen LogP contribution is 2.45. The molecule has 9 heteroatoms. The molecule has 0 aliphatic heterocycles. The van der Waals surface area contributed by atoms with E-state index in [1.807, 2.05) is 26.0 Å². The van der Waals surface area contributed by atoms with Gasteiger partial charge in [0.05, 0.1) is 17.9 Å². The number of thiazole rings is 1. The van der Waals surface area contributed by atoms with E-state index in [1.165, 1.54) is 49.8 Å². The number of thioether (sulfide) groups is 1. The molecule has 4 rings (SSSR count). The molecule has 1 atom stereocenters. The quantitative estimate of drug-likeness (QED) is 0.0593. The summed E-state index contributed by atoms with van der Waals surface area (Å²) in [4.78, 5) is 18.8. The molecule has 4 aromatic rings. The second kappa shape index (κ2) is 18.3. The van der Waals surface area contributed by atoms with E-state index in [0.717, 1.165) is 63.9 Å². The average Bonchev–Trinajstić information content (AvgIpc) is 3.44. The number of rotatable bonds is 18. The number of alkyl halides is 3. The fraction of sp³-hybridized carbons (Fsp3) is 0.421. The topological polar surface area (TPSA) is 48.4 Å². The van der Waals surface area contributed by atoms with Gasteiger partial charge in [0.25, 0.3) is 0 Å². The summed E-state index contributed by atoms with van der Waals surface area (Å²) >= 11 is 3.34. The van der Waals surface area contributed by atoms with Gasteiger partial charge in [0.2, 0.25) is 0 Å². The Morgan fingerprint density at radius 3 is 2.23 bits per heavy atom. The molecular weight excluding hydrogens is 640 g/mol. The molecule has 3 aromatic carbocycles. The fourth-order valence-electron chi connectivity index (χ4n) is 5.42. The zero-order valence-electron chi connectivity index (χ0n) is 27.4. The van der Waals surface area contributed by atoms with Crippen molar-refractivity contribution in [2.45, 2.75) is 94.9 Å². The molecule has 47 heavy (non-hydrogen) atoms. The first-order chi connectivity index (χ1) is 22.6. The van der Waals surface area contributed by atoms with E-state index in [-0.39, 0.29) is 11.9 Å². The molecule has 0 saturated heterocycles. The number of hydrogen-bond acceptors (Lipinski definition) is 6. The number of benzene rings is 3. The third-order valence-corrected chi connectivity index (χ3v) is 10.7. The van der Waals surface area contributed by atoms with Gasteiger partial charge in [-0.15, -0.1) is 23.1 Å². The number of unbranched alkanes of at least 4 members (excludes halogenated alkanes) is 6. The molecular formula is C38H44F3NO3S2. The molecule has 0 amide bonds. The third kappa shape index (κ3) is 11.7. The average molecular weight is 684 g/mol. The van der Waals surface area contributed by atoms with Gasteiger partial charge in [-0.3, -0.25) is 0 Å². The van der Waals surface area contributed by atoms with Crippen LogP contribution in [-0.4, -0.2) is 24.2 Å². The van der Waals surface area contributed by atoms with Crippen molar-refractivity contribution in [1.29, 1.82) is 0 Å². The van der Waals surface area contributed by atoms with Crippen LogP contribution in [0.4, 0.5) is 13.2 Å². The number of hydrogen-bond donors (Lipinski definition) is 0. The molecule has 0 saturated carbocycles. The van der Waals surface area contributed by atoms with Crippen molar-refractivity contribution < 1.29 is 27.4 Å². The lowest BCUT2D eigenvalue weighted by atomic mass is 10.0.